The van der Waals surface area contributed by atoms with Gasteiger partial charge in [-0.15, -0.1) is 11.6 Å². The Hall–Kier alpha value is 0.160. The van der Waals surface area contributed by atoms with Crippen LogP contribution in [0.4, 0.5) is 0 Å². The summed E-state index contributed by atoms with van der Waals surface area (Å²) < 4.78 is 28.4. The maximum atomic E-state index is 12.6. The molecule has 19 heavy (non-hydrogen) atoms. The SMILES string of the molecule is CC(N(C)S(=O)(=O)N1CCCC(CCl)C1)C(C)(C)C. The summed E-state index contributed by atoms with van der Waals surface area (Å²) in [6.45, 7) is 9.29. The van der Waals surface area contributed by atoms with Crippen molar-refractivity contribution in [1.82, 2.24) is 8.61 Å². The highest BCUT2D eigenvalue weighted by molar-refractivity contribution is 7.86. The molecule has 0 N–H and O–H groups in total. The van der Waals surface area contributed by atoms with Crippen LogP contribution >= 0.6 is 11.6 Å². The zero-order chi connectivity index (χ0) is 14.8. The Morgan fingerprint density at radius 1 is 1.42 bits per heavy atom. The second-order valence-corrected chi connectivity index (χ2v) is 8.88. The molecule has 0 saturated carbocycles. The summed E-state index contributed by atoms with van der Waals surface area (Å²) in [6.07, 6.45) is 1.92. The first-order valence-corrected chi connectivity index (χ1v) is 8.83. The predicted molar refractivity (Wildman–Crippen MR) is 80.6 cm³/mol. The molecule has 6 heteroatoms. The average molecular weight is 311 g/mol. The Kier molecular flexibility index (Phi) is 5.70. The summed E-state index contributed by atoms with van der Waals surface area (Å²) >= 11 is 5.88. The highest BCUT2D eigenvalue weighted by atomic mass is 35.5. The highest BCUT2D eigenvalue weighted by Gasteiger charge is 2.37. The van der Waals surface area contributed by atoms with Crippen LogP contribution in [0.1, 0.15) is 40.5 Å². The lowest BCUT2D eigenvalue weighted by atomic mass is 9.88. The molecule has 1 aliphatic heterocycles. The van der Waals surface area contributed by atoms with Crippen LogP contribution in [0, 0.1) is 11.3 Å². The Morgan fingerprint density at radius 3 is 2.47 bits per heavy atom. The molecule has 0 radical (unpaired) electrons. The maximum absolute atomic E-state index is 12.6. The molecule has 1 fully saturated rings. The van der Waals surface area contributed by atoms with E-state index in [-0.39, 0.29) is 17.4 Å². The van der Waals surface area contributed by atoms with E-state index in [1.165, 1.54) is 4.31 Å². The van der Waals surface area contributed by atoms with Gasteiger partial charge in [0.1, 0.15) is 0 Å². The van der Waals surface area contributed by atoms with E-state index >= 15 is 0 Å². The van der Waals surface area contributed by atoms with E-state index in [4.69, 9.17) is 11.6 Å². The standard InChI is InChI=1S/C13H27ClN2O2S/c1-11(13(2,3)4)15(5)19(17,18)16-8-6-7-12(9-14)10-16/h11-12H,6-10H2,1-5H3. The number of hydrogen-bond acceptors (Lipinski definition) is 2. The molecule has 114 valence electrons. The largest absolute Gasteiger partial charge is 0.281 e. The highest BCUT2D eigenvalue weighted by Crippen LogP contribution is 2.28. The van der Waals surface area contributed by atoms with Gasteiger partial charge >= 0.3 is 0 Å². The third-order valence-corrected chi connectivity index (χ3v) is 6.65. The minimum absolute atomic E-state index is 0.0473. The van der Waals surface area contributed by atoms with Crippen molar-refractivity contribution < 1.29 is 8.42 Å². The van der Waals surface area contributed by atoms with Crippen molar-refractivity contribution in [2.75, 3.05) is 26.0 Å². The molecule has 1 aliphatic rings. The zero-order valence-corrected chi connectivity index (χ0v) is 14.3. The normalized spacial score (nSPS) is 24.7. The van der Waals surface area contributed by atoms with Crippen LogP contribution in [0.5, 0.6) is 0 Å². The van der Waals surface area contributed by atoms with E-state index in [2.05, 4.69) is 20.8 Å². The van der Waals surface area contributed by atoms with Gasteiger partial charge in [0, 0.05) is 32.1 Å². The van der Waals surface area contributed by atoms with Gasteiger partial charge in [-0.05, 0) is 31.1 Å². The van der Waals surface area contributed by atoms with Crippen molar-refractivity contribution in [3.63, 3.8) is 0 Å². The fraction of sp³-hybridized carbons (Fsp3) is 1.00. The molecule has 0 bridgehead atoms. The van der Waals surface area contributed by atoms with Gasteiger partial charge in [-0.3, -0.25) is 0 Å². The zero-order valence-electron chi connectivity index (χ0n) is 12.7. The lowest BCUT2D eigenvalue weighted by Crippen LogP contribution is -2.52. The van der Waals surface area contributed by atoms with Gasteiger partial charge in [0.15, 0.2) is 0 Å². The van der Waals surface area contributed by atoms with Crippen LogP contribution in [0.2, 0.25) is 0 Å². The minimum Gasteiger partial charge on any atom is -0.195 e. The minimum atomic E-state index is -3.38. The van der Waals surface area contributed by atoms with Gasteiger partial charge in [0.05, 0.1) is 0 Å². The van der Waals surface area contributed by atoms with E-state index in [0.29, 0.717) is 19.0 Å². The van der Waals surface area contributed by atoms with Gasteiger partial charge in [-0.2, -0.15) is 17.0 Å². The Balaban J connectivity index is 2.85. The number of alkyl halides is 1. The van der Waals surface area contributed by atoms with Crippen molar-refractivity contribution in [1.29, 1.82) is 0 Å². The molecule has 2 atom stereocenters. The number of rotatable bonds is 4. The first kappa shape index (κ1) is 17.2. The lowest BCUT2D eigenvalue weighted by molar-refractivity contribution is 0.194. The van der Waals surface area contributed by atoms with Crippen LogP contribution in [0.3, 0.4) is 0 Å². The second kappa shape index (κ2) is 6.29. The molecule has 4 nitrogen and oxygen atoms in total. The van der Waals surface area contributed by atoms with E-state index in [9.17, 15) is 8.42 Å². The molecule has 0 aromatic heterocycles. The summed E-state index contributed by atoms with van der Waals surface area (Å²) in [7, 11) is -1.70. The maximum Gasteiger partial charge on any atom is 0.281 e. The van der Waals surface area contributed by atoms with Gasteiger partial charge in [0.2, 0.25) is 0 Å². The first-order chi connectivity index (χ1) is 8.60. The fourth-order valence-corrected chi connectivity index (χ4v) is 4.38. The van der Waals surface area contributed by atoms with Crippen LogP contribution < -0.4 is 0 Å². The number of halogens is 1. The lowest BCUT2D eigenvalue weighted by Gasteiger charge is -2.39. The monoisotopic (exact) mass is 310 g/mol. The molecule has 0 aromatic carbocycles. The Labute approximate surface area is 123 Å². The summed E-state index contributed by atoms with van der Waals surface area (Å²) in [5.74, 6) is 0.813. The second-order valence-electron chi connectivity index (χ2n) is 6.59. The average Bonchev–Trinajstić information content (AvgIpc) is 2.35. The van der Waals surface area contributed by atoms with Crippen molar-refractivity contribution in [3.8, 4) is 0 Å². The van der Waals surface area contributed by atoms with Crippen molar-refractivity contribution >= 4 is 21.8 Å². The topological polar surface area (TPSA) is 40.6 Å². The van der Waals surface area contributed by atoms with E-state index in [0.717, 1.165) is 12.8 Å². The van der Waals surface area contributed by atoms with Crippen LogP contribution in [0.15, 0.2) is 0 Å². The summed E-state index contributed by atoms with van der Waals surface area (Å²) in [4.78, 5) is 0. The van der Waals surface area contributed by atoms with Gasteiger partial charge in [-0.25, -0.2) is 0 Å². The molecular formula is C13H27ClN2O2S. The van der Waals surface area contributed by atoms with Crippen molar-refractivity contribution in [2.24, 2.45) is 11.3 Å². The van der Waals surface area contributed by atoms with E-state index < -0.39 is 10.2 Å². The molecule has 1 rings (SSSR count). The van der Waals surface area contributed by atoms with E-state index in [1.54, 1.807) is 11.4 Å². The summed E-state index contributed by atoms with van der Waals surface area (Å²) in [5, 5.41) is 0. The molecule has 0 aromatic rings. The Bertz CT molecular complexity index is 392. The van der Waals surface area contributed by atoms with Gasteiger partial charge in [-0.1, -0.05) is 20.8 Å². The number of piperidine rings is 1. The number of hydrogen-bond donors (Lipinski definition) is 0. The van der Waals surface area contributed by atoms with E-state index in [1.807, 2.05) is 6.92 Å². The molecule has 0 spiro atoms. The fourth-order valence-electron chi connectivity index (χ4n) is 2.29. The number of nitrogens with zero attached hydrogens (tertiary/aromatic N) is 2. The molecule has 2 unspecified atom stereocenters. The van der Waals surface area contributed by atoms with Gasteiger partial charge < -0.3 is 0 Å². The van der Waals surface area contributed by atoms with Gasteiger partial charge in [0.25, 0.3) is 10.2 Å². The third-order valence-electron chi connectivity index (χ3n) is 4.19. The first-order valence-electron chi connectivity index (χ1n) is 6.89. The molecule has 1 heterocycles. The quantitative estimate of drug-likeness (QED) is 0.749. The van der Waals surface area contributed by atoms with Crippen LogP contribution in [-0.2, 0) is 10.2 Å². The van der Waals surface area contributed by atoms with Crippen molar-refractivity contribution in [2.45, 2.75) is 46.6 Å². The molecule has 0 aliphatic carbocycles. The third kappa shape index (κ3) is 4.06. The van der Waals surface area contributed by atoms with Crippen LogP contribution in [-0.4, -0.2) is 49.1 Å². The molecule has 0 amide bonds. The predicted octanol–water partition coefficient (Wildman–Crippen LogP) is 2.55. The molecular weight excluding hydrogens is 284 g/mol. The summed E-state index contributed by atoms with van der Waals surface area (Å²) in [6, 6.07) is -0.0473. The Morgan fingerprint density at radius 2 is 2.00 bits per heavy atom. The smallest absolute Gasteiger partial charge is 0.195 e. The van der Waals surface area contributed by atoms with Crippen molar-refractivity contribution in [3.05, 3.63) is 0 Å². The van der Waals surface area contributed by atoms with Crippen LogP contribution in [0.25, 0.3) is 0 Å². The molecule has 1 saturated heterocycles. The summed E-state index contributed by atoms with van der Waals surface area (Å²) in [5.41, 5.74) is -0.0799.